The molecule has 4 N–H and O–H groups in total. The van der Waals surface area contributed by atoms with Crippen LogP contribution in [0.1, 0.15) is 17.0 Å². The molecule has 0 aromatic carbocycles. The van der Waals surface area contributed by atoms with Gasteiger partial charge >= 0.3 is 5.97 Å². The van der Waals surface area contributed by atoms with E-state index in [1.807, 2.05) is 12.1 Å². The molecule has 3 heterocycles. The molecule has 0 radical (unpaired) electrons. The molecule has 2 aromatic rings. The van der Waals surface area contributed by atoms with Crippen LogP contribution in [0, 0.1) is 0 Å². The lowest BCUT2D eigenvalue weighted by Gasteiger charge is -2.27. The second kappa shape index (κ2) is 5.64. The Hall–Kier alpha value is -2.61. The summed E-state index contributed by atoms with van der Waals surface area (Å²) in [6, 6.07) is 3.72. The number of hydrogen-bond donors (Lipinski definition) is 3. The number of carbonyl (C=O) groups is 1. The topological polar surface area (TPSA) is 117 Å². The zero-order chi connectivity index (χ0) is 15.7. The Balaban J connectivity index is 1.77. The molecular formula is C14H17N5O3. The predicted molar refractivity (Wildman–Crippen MR) is 79.2 cm³/mol. The van der Waals surface area contributed by atoms with Gasteiger partial charge < -0.3 is 15.4 Å². The molecule has 8 nitrogen and oxygen atoms in total. The minimum atomic E-state index is -0.877. The molecule has 0 saturated carbocycles. The van der Waals surface area contributed by atoms with Crippen molar-refractivity contribution in [1.29, 1.82) is 0 Å². The molecule has 1 aliphatic rings. The SMILES string of the molecule is Nc1nc2c(c(=O)[nH]1)CN(Cc1cccn1CC(=O)O)CC2. The van der Waals surface area contributed by atoms with E-state index in [9.17, 15) is 9.59 Å². The minimum absolute atomic E-state index is 0.0641. The number of nitrogens with two attached hydrogens (primary N) is 1. The third kappa shape index (κ3) is 2.86. The third-order valence-corrected chi connectivity index (χ3v) is 3.78. The number of H-pyrrole nitrogens is 1. The summed E-state index contributed by atoms with van der Waals surface area (Å²) in [5.41, 5.74) is 7.65. The fourth-order valence-electron chi connectivity index (χ4n) is 2.76. The van der Waals surface area contributed by atoms with E-state index in [4.69, 9.17) is 10.8 Å². The summed E-state index contributed by atoms with van der Waals surface area (Å²) in [7, 11) is 0. The molecule has 3 rings (SSSR count). The lowest BCUT2D eigenvalue weighted by atomic mass is 10.1. The summed E-state index contributed by atoms with van der Waals surface area (Å²) < 4.78 is 1.70. The number of rotatable bonds is 4. The maximum Gasteiger partial charge on any atom is 0.323 e. The lowest BCUT2D eigenvalue weighted by Crippen LogP contribution is -2.36. The summed E-state index contributed by atoms with van der Waals surface area (Å²) in [4.78, 5) is 31.6. The number of aliphatic carboxylic acids is 1. The standard InChI is InChI=1S/C14H17N5O3/c15-14-16-11-3-5-18(7-10(11)13(22)17-14)6-9-2-1-4-19(9)8-12(20)21/h1-2,4H,3,5-8H2,(H,20,21)(H3,15,16,17,22). The first-order valence-electron chi connectivity index (χ1n) is 6.98. The quantitative estimate of drug-likeness (QED) is 0.720. The van der Waals surface area contributed by atoms with E-state index in [-0.39, 0.29) is 18.1 Å². The molecule has 0 aliphatic carbocycles. The van der Waals surface area contributed by atoms with Gasteiger partial charge in [-0.1, -0.05) is 0 Å². The highest BCUT2D eigenvalue weighted by Crippen LogP contribution is 2.17. The van der Waals surface area contributed by atoms with Gasteiger partial charge in [0, 0.05) is 37.9 Å². The van der Waals surface area contributed by atoms with Gasteiger partial charge in [-0.3, -0.25) is 19.5 Å². The molecule has 1 aliphatic heterocycles. The number of aromatic amines is 1. The number of nitrogens with zero attached hydrogens (tertiary/aromatic N) is 3. The van der Waals surface area contributed by atoms with Crippen molar-refractivity contribution in [3.63, 3.8) is 0 Å². The van der Waals surface area contributed by atoms with Gasteiger partial charge in [-0.25, -0.2) is 4.98 Å². The highest BCUT2D eigenvalue weighted by molar-refractivity contribution is 5.66. The Morgan fingerprint density at radius 3 is 3.09 bits per heavy atom. The van der Waals surface area contributed by atoms with E-state index in [1.54, 1.807) is 10.8 Å². The van der Waals surface area contributed by atoms with E-state index >= 15 is 0 Å². The van der Waals surface area contributed by atoms with Gasteiger partial charge in [-0.15, -0.1) is 0 Å². The van der Waals surface area contributed by atoms with Crippen LogP contribution in [-0.2, 0) is 30.8 Å². The number of nitrogens with one attached hydrogen (secondary N) is 1. The minimum Gasteiger partial charge on any atom is -0.480 e. The van der Waals surface area contributed by atoms with Crippen molar-refractivity contribution in [1.82, 2.24) is 19.4 Å². The normalized spacial score (nSPS) is 14.7. The fraction of sp³-hybridized carbons (Fsp3) is 0.357. The summed E-state index contributed by atoms with van der Waals surface area (Å²) in [5.74, 6) is -0.731. The maximum absolute atomic E-state index is 12.0. The van der Waals surface area contributed by atoms with Gasteiger partial charge in [-0.05, 0) is 12.1 Å². The molecule has 0 bridgehead atoms. The van der Waals surface area contributed by atoms with E-state index < -0.39 is 5.97 Å². The van der Waals surface area contributed by atoms with Crippen molar-refractivity contribution in [3.8, 4) is 0 Å². The van der Waals surface area contributed by atoms with Crippen LogP contribution in [0.25, 0.3) is 0 Å². The summed E-state index contributed by atoms with van der Waals surface area (Å²) >= 11 is 0. The van der Waals surface area contributed by atoms with Crippen LogP contribution in [0.3, 0.4) is 0 Å². The van der Waals surface area contributed by atoms with E-state index in [1.165, 1.54) is 0 Å². The van der Waals surface area contributed by atoms with E-state index in [2.05, 4.69) is 14.9 Å². The van der Waals surface area contributed by atoms with Crippen LogP contribution in [-0.4, -0.2) is 37.1 Å². The second-order valence-corrected chi connectivity index (χ2v) is 5.36. The number of hydrogen-bond acceptors (Lipinski definition) is 5. The first-order chi connectivity index (χ1) is 10.5. The van der Waals surface area contributed by atoms with Crippen LogP contribution in [0.4, 0.5) is 5.95 Å². The van der Waals surface area contributed by atoms with Crippen LogP contribution in [0.15, 0.2) is 23.1 Å². The number of aromatic nitrogens is 3. The van der Waals surface area contributed by atoms with Crippen molar-refractivity contribution in [3.05, 3.63) is 45.6 Å². The molecule has 116 valence electrons. The van der Waals surface area contributed by atoms with Gasteiger partial charge in [0.15, 0.2) is 0 Å². The van der Waals surface area contributed by atoms with E-state index in [0.29, 0.717) is 25.1 Å². The zero-order valence-corrected chi connectivity index (χ0v) is 12.0. The molecule has 0 spiro atoms. The summed E-state index contributed by atoms with van der Waals surface area (Å²) in [6.45, 7) is 1.76. The molecule has 0 saturated heterocycles. The van der Waals surface area contributed by atoms with Crippen molar-refractivity contribution in [2.75, 3.05) is 12.3 Å². The Labute approximate surface area is 126 Å². The average molecular weight is 303 g/mol. The van der Waals surface area contributed by atoms with Gasteiger partial charge in [-0.2, -0.15) is 0 Å². The molecule has 0 fully saturated rings. The van der Waals surface area contributed by atoms with Gasteiger partial charge in [0.1, 0.15) is 6.54 Å². The predicted octanol–water partition coefficient (Wildman–Crippen LogP) is -0.204. The molecule has 22 heavy (non-hydrogen) atoms. The van der Waals surface area contributed by atoms with Crippen molar-refractivity contribution < 1.29 is 9.90 Å². The lowest BCUT2D eigenvalue weighted by molar-refractivity contribution is -0.137. The van der Waals surface area contributed by atoms with Crippen LogP contribution >= 0.6 is 0 Å². The first-order valence-corrected chi connectivity index (χ1v) is 6.98. The van der Waals surface area contributed by atoms with Gasteiger partial charge in [0.05, 0.1) is 11.3 Å². The third-order valence-electron chi connectivity index (χ3n) is 3.78. The largest absolute Gasteiger partial charge is 0.480 e. The Bertz CT molecular complexity index is 764. The molecule has 0 amide bonds. The molecular weight excluding hydrogens is 286 g/mol. The number of fused-ring (bicyclic) bond motifs is 1. The molecule has 0 atom stereocenters. The molecule has 8 heteroatoms. The van der Waals surface area contributed by atoms with Crippen LogP contribution < -0.4 is 11.3 Å². The second-order valence-electron chi connectivity index (χ2n) is 5.36. The summed E-state index contributed by atoms with van der Waals surface area (Å²) in [6.07, 6.45) is 2.40. The molecule has 2 aromatic heterocycles. The Morgan fingerprint density at radius 1 is 1.50 bits per heavy atom. The van der Waals surface area contributed by atoms with Crippen molar-refractivity contribution in [2.45, 2.75) is 26.1 Å². The number of anilines is 1. The first kappa shape index (κ1) is 14.3. The van der Waals surface area contributed by atoms with Crippen LogP contribution in [0.2, 0.25) is 0 Å². The van der Waals surface area contributed by atoms with Gasteiger partial charge in [0.25, 0.3) is 5.56 Å². The number of carboxylic acid groups (broad SMARTS) is 1. The highest BCUT2D eigenvalue weighted by Gasteiger charge is 2.21. The zero-order valence-electron chi connectivity index (χ0n) is 12.0. The smallest absolute Gasteiger partial charge is 0.323 e. The van der Waals surface area contributed by atoms with Crippen molar-refractivity contribution in [2.24, 2.45) is 0 Å². The van der Waals surface area contributed by atoms with Crippen LogP contribution in [0.5, 0.6) is 0 Å². The van der Waals surface area contributed by atoms with Crippen molar-refractivity contribution >= 4 is 11.9 Å². The Kier molecular flexibility index (Phi) is 3.68. The Morgan fingerprint density at radius 2 is 2.32 bits per heavy atom. The van der Waals surface area contributed by atoms with Gasteiger partial charge in [0.2, 0.25) is 5.95 Å². The number of carboxylic acids is 1. The number of nitrogen functional groups attached to an aromatic ring is 1. The molecule has 0 unspecified atom stereocenters. The van der Waals surface area contributed by atoms with E-state index in [0.717, 1.165) is 17.9 Å². The summed E-state index contributed by atoms with van der Waals surface area (Å²) in [5, 5.41) is 8.91. The highest BCUT2D eigenvalue weighted by atomic mass is 16.4. The maximum atomic E-state index is 12.0. The fourth-order valence-corrected chi connectivity index (χ4v) is 2.76. The monoisotopic (exact) mass is 303 g/mol. The average Bonchev–Trinajstić information content (AvgIpc) is 2.86.